The molecule has 0 N–H and O–H groups in total. The Kier molecular flexibility index (Phi) is 4.70. The summed E-state index contributed by atoms with van der Waals surface area (Å²) in [4.78, 5) is 15.9. The summed E-state index contributed by atoms with van der Waals surface area (Å²) in [6.45, 7) is 5.82. The lowest BCUT2D eigenvalue weighted by Gasteiger charge is -2.31. The maximum absolute atomic E-state index is 5.52. The van der Waals surface area contributed by atoms with Gasteiger partial charge in [0.15, 0.2) is 5.82 Å². The van der Waals surface area contributed by atoms with Crippen molar-refractivity contribution in [3.8, 4) is 11.5 Å². The van der Waals surface area contributed by atoms with Gasteiger partial charge in [-0.15, -0.1) is 0 Å². The number of aromatic nitrogens is 4. The summed E-state index contributed by atoms with van der Waals surface area (Å²) < 4.78 is 5.52. The Morgan fingerprint density at radius 2 is 2.00 bits per heavy atom. The van der Waals surface area contributed by atoms with E-state index in [1.165, 1.54) is 38.9 Å². The molecule has 0 aliphatic carbocycles. The Morgan fingerprint density at radius 1 is 1.16 bits per heavy atom. The van der Waals surface area contributed by atoms with Gasteiger partial charge < -0.3 is 9.42 Å². The first kappa shape index (κ1) is 16.1. The zero-order valence-corrected chi connectivity index (χ0v) is 14.6. The highest BCUT2D eigenvalue weighted by Crippen LogP contribution is 2.26. The summed E-state index contributed by atoms with van der Waals surface area (Å²) in [6, 6.07) is 5.84. The fourth-order valence-corrected chi connectivity index (χ4v) is 3.60. The van der Waals surface area contributed by atoms with Gasteiger partial charge in [0, 0.05) is 18.8 Å². The molecule has 4 rings (SSSR count). The van der Waals surface area contributed by atoms with Gasteiger partial charge in [0.2, 0.25) is 0 Å². The molecular weight excluding hydrogens is 314 g/mol. The molecule has 6 heteroatoms. The van der Waals surface area contributed by atoms with Gasteiger partial charge in [-0.25, -0.2) is 0 Å². The normalized spacial score (nSPS) is 16.5. The molecule has 0 saturated carbocycles. The van der Waals surface area contributed by atoms with Crippen molar-refractivity contribution in [2.75, 3.05) is 19.6 Å². The molecule has 1 fully saturated rings. The van der Waals surface area contributed by atoms with E-state index in [0.717, 1.165) is 28.8 Å². The minimum Gasteiger partial charge on any atom is -0.334 e. The van der Waals surface area contributed by atoms with Crippen molar-refractivity contribution < 1.29 is 4.52 Å². The van der Waals surface area contributed by atoms with Crippen molar-refractivity contribution in [1.82, 2.24) is 25.0 Å². The van der Waals surface area contributed by atoms with Crippen LogP contribution in [0.2, 0.25) is 0 Å². The van der Waals surface area contributed by atoms with Crippen LogP contribution in [0.25, 0.3) is 22.5 Å². The van der Waals surface area contributed by atoms with Gasteiger partial charge in [-0.1, -0.05) is 18.1 Å². The largest absolute Gasteiger partial charge is 0.334 e. The fourth-order valence-electron chi connectivity index (χ4n) is 3.60. The van der Waals surface area contributed by atoms with Crippen molar-refractivity contribution in [3.63, 3.8) is 0 Å². The maximum Gasteiger partial charge on any atom is 0.260 e. The minimum atomic E-state index is 0.532. The lowest BCUT2D eigenvalue weighted by atomic mass is 9.93. The molecule has 0 bridgehead atoms. The molecular formula is C19H23N5O. The SMILES string of the molecule is CCCN1CCC(Cc2noc(-c3cccc4nccnc34)n2)CC1. The first-order valence-electron chi connectivity index (χ1n) is 9.08. The average molecular weight is 337 g/mol. The van der Waals surface area contributed by atoms with Crippen molar-refractivity contribution in [2.45, 2.75) is 32.6 Å². The molecule has 1 aliphatic rings. The molecule has 3 aromatic rings. The number of benzene rings is 1. The molecule has 6 nitrogen and oxygen atoms in total. The van der Waals surface area contributed by atoms with Crippen molar-refractivity contribution >= 4 is 11.0 Å². The van der Waals surface area contributed by atoms with Crippen LogP contribution < -0.4 is 0 Å². The lowest BCUT2D eigenvalue weighted by molar-refractivity contribution is 0.182. The lowest BCUT2D eigenvalue weighted by Crippen LogP contribution is -2.34. The number of para-hydroxylation sites is 1. The number of fused-ring (bicyclic) bond motifs is 1. The third-order valence-corrected chi connectivity index (χ3v) is 4.92. The second-order valence-electron chi connectivity index (χ2n) is 6.73. The smallest absolute Gasteiger partial charge is 0.260 e. The number of nitrogens with zero attached hydrogens (tertiary/aromatic N) is 5. The van der Waals surface area contributed by atoms with Gasteiger partial charge in [-0.2, -0.15) is 4.98 Å². The van der Waals surface area contributed by atoms with E-state index in [1.54, 1.807) is 12.4 Å². The monoisotopic (exact) mass is 337 g/mol. The highest BCUT2D eigenvalue weighted by Gasteiger charge is 2.21. The van der Waals surface area contributed by atoms with Crippen LogP contribution in [0.1, 0.15) is 32.0 Å². The van der Waals surface area contributed by atoms with E-state index in [4.69, 9.17) is 4.52 Å². The highest BCUT2D eigenvalue weighted by molar-refractivity contribution is 5.88. The average Bonchev–Trinajstić information content (AvgIpc) is 3.11. The predicted octanol–water partition coefficient (Wildman–Crippen LogP) is 3.34. The van der Waals surface area contributed by atoms with E-state index in [-0.39, 0.29) is 0 Å². The molecule has 0 atom stereocenters. The van der Waals surface area contributed by atoms with Crippen LogP contribution in [-0.2, 0) is 6.42 Å². The van der Waals surface area contributed by atoms with Crippen LogP contribution in [0.5, 0.6) is 0 Å². The van der Waals surface area contributed by atoms with Gasteiger partial charge in [0.25, 0.3) is 5.89 Å². The summed E-state index contributed by atoms with van der Waals surface area (Å²) in [5, 5.41) is 4.20. The molecule has 3 heterocycles. The Labute approximate surface area is 147 Å². The van der Waals surface area contributed by atoms with Crippen molar-refractivity contribution in [2.24, 2.45) is 5.92 Å². The van der Waals surface area contributed by atoms with Crippen LogP contribution in [0.4, 0.5) is 0 Å². The molecule has 130 valence electrons. The molecule has 2 aromatic heterocycles. The van der Waals surface area contributed by atoms with Crippen LogP contribution in [0.15, 0.2) is 35.1 Å². The van der Waals surface area contributed by atoms with Crippen LogP contribution >= 0.6 is 0 Å². The summed E-state index contributed by atoms with van der Waals surface area (Å²) in [7, 11) is 0. The Balaban J connectivity index is 1.47. The Morgan fingerprint density at radius 3 is 2.84 bits per heavy atom. The maximum atomic E-state index is 5.52. The number of piperidine rings is 1. The van der Waals surface area contributed by atoms with Gasteiger partial charge >= 0.3 is 0 Å². The first-order valence-corrected chi connectivity index (χ1v) is 9.08. The van der Waals surface area contributed by atoms with Crippen LogP contribution in [0.3, 0.4) is 0 Å². The van der Waals surface area contributed by atoms with Crippen LogP contribution in [0, 0.1) is 5.92 Å². The molecule has 0 spiro atoms. The number of rotatable bonds is 5. The molecule has 1 aliphatic heterocycles. The van der Waals surface area contributed by atoms with E-state index in [2.05, 4.69) is 31.9 Å². The van der Waals surface area contributed by atoms with E-state index in [9.17, 15) is 0 Å². The van der Waals surface area contributed by atoms with Gasteiger partial charge in [0.1, 0.15) is 5.52 Å². The Bertz CT molecular complexity index is 833. The number of hydrogen-bond acceptors (Lipinski definition) is 6. The molecule has 0 amide bonds. The highest BCUT2D eigenvalue weighted by atomic mass is 16.5. The van der Waals surface area contributed by atoms with E-state index >= 15 is 0 Å². The molecule has 1 aromatic carbocycles. The minimum absolute atomic E-state index is 0.532. The second kappa shape index (κ2) is 7.27. The number of likely N-dealkylation sites (tertiary alicyclic amines) is 1. The summed E-state index contributed by atoms with van der Waals surface area (Å²) in [5.41, 5.74) is 2.48. The van der Waals surface area contributed by atoms with Gasteiger partial charge in [0.05, 0.1) is 11.1 Å². The van der Waals surface area contributed by atoms with Crippen LogP contribution in [-0.4, -0.2) is 44.6 Å². The predicted molar refractivity (Wildman–Crippen MR) is 96.0 cm³/mol. The third kappa shape index (κ3) is 3.54. The quantitative estimate of drug-likeness (QED) is 0.711. The number of hydrogen-bond donors (Lipinski definition) is 0. The van der Waals surface area contributed by atoms with E-state index in [0.29, 0.717) is 11.8 Å². The Hall–Kier alpha value is -2.34. The van der Waals surface area contributed by atoms with E-state index < -0.39 is 0 Å². The zero-order valence-electron chi connectivity index (χ0n) is 14.6. The summed E-state index contributed by atoms with van der Waals surface area (Å²) >= 11 is 0. The van der Waals surface area contributed by atoms with Crippen molar-refractivity contribution in [3.05, 3.63) is 36.4 Å². The molecule has 0 unspecified atom stereocenters. The summed E-state index contributed by atoms with van der Waals surface area (Å²) in [5.74, 6) is 1.97. The second-order valence-corrected chi connectivity index (χ2v) is 6.73. The molecule has 1 saturated heterocycles. The van der Waals surface area contributed by atoms with E-state index in [1.807, 2.05) is 18.2 Å². The zero-order chi connectivity index (χ0) is 17.1. The topological polar surface area (TPSA) is 67.9 Å². The third-order valence-electron chi connectivity index (χ3n) is 4.92. The molecule has 0 radical (unpaired) electrons. The standard InChI is InChI=1S/C19H23N5O/c1-2-10-24-11-6-14(7-12-24)13-17-22-19(25-23-17)15-4-3-5-16-18(15)21-9-8-20-16/h3-5,8-9,14H,2,6-7,10-13H2,1H3. The summed E-state index contributed by atoms with van der Waals surface area (Å²) in [6.07, 6.45) is 7.92. The van der Waals surface area contributed by atoms with Gasteiger partial charge in [-0.05, 0) is 56.9 Å². The molecule has 25 heavy (non-hydrogen) atoms. The van der Waals surface area contributed by atoms with Crippen molar-refractivity contribution in [1.29, 1.82) is 0 Å². The first-order chi connectivity index (χ1) is 12.3. The van der Waals surface area contributed by atoms with Gasteiger partial charge in [-0.3, -0.25) is 9.97 Å². The fraction of sp³-hybridized carbons (Fsp3) is 0.474.